The predicted octanol–water partition coefficient (Wildman–Crippen LogP) is 13.9. The van der Waals surface area contributed by atoms with E-state index in [1.54, 1.807) is 0 Å². The normalized spacial score (nSPS) is 12.1. The number of hydrogen-bond donors (Lipinski definition) is 0. The first-order valence-electron chi connectivity index (χ1n) is 18.3. The van der Waals surface area contributed by atoms with Crippen LogP contribution in [0.2, 0.25) is 0 Å². The lowest BCUT2D eigenvalue weighted by atomic mass is 9.97. The second-order valence-electron chi connectivity index (χ2n) is 14.1. The molecule has 4 heterocycles. The lowest BCUT2D eigenvalue weighted by molar-refractivity contribution is 0.645. The summed E-state index contributed by atoms with van der Waals surface area (Å²) in [6, 6.07) is 64.7. The molecule has 0 bridgehead atoms. The number of aromatic nitrogens is 2. The molecule has 0 aliphatic carbocycles. The fourth-order valence-electron chi connectivity index (χ4n) is 8.73. The Labute approximate surface area is 309 Å². The van der Waals surface area contributed by atoms with Gasteiger partial charge in [-0.15, -0.1) is 0 Å². The highest BCUT2D eigenvalue weighted by atomic mass is 16.3. The summed E-state index contributed by atoms with van der Waals surface area (Å²) in [7, 11) is 0. The summed E-state index contributed by atoms with van der Waals surface area (Å²) in [4.78, 5) is 0. The lowest BCUT2D eigenvalue weighted by Gasteiger charge is -2.09. The molecule has 4 heteroatoms. The minimum atomic E-state index is 0.855. The average molecular weight is 691 g/mol. The Hall–Kier alpha value is -7.30. The van der Waals surface area contributed by atoms with Gasteiger partial charge in [0.15, 0.2) is 0 Å². The van der Waals surface area contributed by atoms with Crippen LogP contribution in [-0.2, 0) is 0 Å². The molecule has 12 aromatic rings. The highest BCUT2D eigenvalue weighted by molar-refractivity contribution is 6.24. The van der Waals surface area contributed by atoms with E-state index in [9.17, 15) is 0 Å². The van der Waals surface area contributed by atoms with E-state index in [0.29, 0.717) is 0 Å². The first-order valence-corrected chi connectivity index (χ1v) is 18.3. The zero-order chi connectivity index (χ0) is 35.3. The maximum absolute atomic E-state index is 6.60. The summed E-state index contributed by atoms with van der Waals surface area (Å²) in [5.41, 5.74) is 13.8. The number of hydrogen-bond acceptors (Lipinski definition) is 2. The van der Waals surface area contributed by atoms with E-state index in [2.05, 4.69) is 179 Å². The number of para-hydroxylation sites is 4. The molecule has 0 saturated carbocycles. The molecule has 0 radical (unpaired) electrons. The van der Waals surface area contributed by atoms with Gasteiger partial charge in [0.05, 0.1) is 21.9 Å². The van der Waals surface area contributed by atoms with E-state index in [1.165, 1.54) is 27.2 Å². The quantitative estimate of drug-likeness (QED) is 0.184. The van der Waals surface area contributed by atoms with Gasteiger partial charge < -0.3 is 13.4 Å². The van der Waals surface area contributed by atoms with Gasteiger partial charge in [0.25, 0.3) is 0 Å². The molecule has 0 aliphatic rings. The monoisotopic (exact) mass is 690 g/mol. The molecule has 0 N–H and O–H groups in total. The summed E-state index contributed by atoms with van der Waals surface area (Å²) in [6.07, 6.45) is 0. The van der Waals surface area contributed by atoms with Crippen LogP contribution >= 0.6 is 0 Å². The van der Waals surface area contributed by atoms with E-state index in [0.717, 1.165) is 83.2 Å². The fourth-order valence-corrected chi connectivity index (χ4v) is 8.73. The molecule has 0 unspecified atom stereocenters. The summed E-state index contributed by atoms with van der Waals surface area (Å²) in [6.45, 7) is 0. The van der Waals surface area contributed by atoms with Crippen LogP contribution in [0, 0.1) is 0 Å². The van der Waals surface area contributed by atoms with Crippen molar-refractivity contribution in [2.75, 3.05) is 0 Å². The van der Waals surface area contributed by atoms with Gasteiger partial charge in [0.1, 0.15) is 16.7 Å². The molecule has 8 aromatic carbocycles. The summed E-state index contributed by atoms with van der Waals surface area (Å²) >= 11 is 0. The molecule has 0 spiro atoms. The van der Waals surface area contributed by atoms with Gasteiger partial charge in [-0.25, -0.2) is 0 Å². The first kappa shape index (κ1) is 29.3. The summed E-state index contributed by atoms with van der Waals surface area (Å²) in [5, 5.41) is 8.15. The molecule has 0 saturated heterocycles. The highest BCUT2D eigenvalue weighted by Crippen LogP contribution is 2.44. The van der Waals surface area contributed by atoms with Crippen LogP contribution in [0.4, 0.5) is 0 Å². The maximum atomic E-state index is 6.60. The number of rotatable bonds is 4. The van der Waals surface area contributed by atoms with Gasteiger partial charge in [-0.2, -0.15) is 0 Å². The minimum Gasteiger partial charge on any atom is -0.456 e. The van der Waals surface area contributed by atoms with Gasteiger partial charge in [0.2, 0.25) is 5.71 Å². The van der Waals surface area contributed by atoms with Crippen LogP contribution in [0.15, 0.2) is 191 Å². The predicted molar refractivity (Wildman–Crippen MR) is 223 cm³/mol. The van der Waals surface area contributed by atoms with Crippen LogP contribution in [0.1, 0.15) is 0 Å². The second-order valence-corrected chi connectivity index (χ2v) is 14.1. The van der Waals surface area contributed by atoms with Crippen molar-refractivity contribution >= 4 is 76.7 Å². The van der Waals surface area contributed by atoms with Crippen LogP contribution in [-0.4, -0.2) is 9.13 Å². The third kappa shape index (κ3) is 4.13. The fraction of sp³-hybridized carbons (Fsp3) is 0. The largest absolute Gasteiger partial charge is 0.456 e. The number of nitrogens with zero attached hydrogens (tertiary/aromatic N) is 2. The number of furan rings is 2. The van der Waals surface area contributed by atoms with Crippen molar-refractivity contribution in [2.45, 2.75) is 0 Å². The Morgan fingerprint density at radius 2 is 0.870 bits per heavy atom. The molecule has 4 aromatic heterocycles. The van der Waals surface area contributed by atoms with E-state index >= 15 is 0 Å². The molecule has 0 amide bonds. The van der Waals surface area contributed by atoms with E-state index in [1.807, 2.05) is 12.1 Å². The van der Waals surface area contributed by atoms with Crippen LogP contribution in [0.3, 0.4) is 0 Å². The third-order valence-corrected chi connectivity index (χ3v) is 11.1. The van der Waals surface area contributed by atoms with Gasteiger partial charge >= 0.3 is 0 Å². The Morgan fingerprint density at radius 3 is 1.61 bits per heavy atom. The van der Waals surface area contributed by atoms with Crippen molar-refractivity contribution in [1.29, 1.82) is 0 Å². The zero-order valence-corrected chi connectivity index (χ0v) is 29.0. The SMILES string of the molecule is c1ccc(-n2c3cccc(-c4ccc5oc6ccc(-c7ccc(-n8c9ccccc9c9ccccc98)cc7)cc6c5c4)c3c3c4ccccc4oc32)cc1. The standard InChI is InChI=1S/C50H30N2O2/c1-2-11-34(12-3-1)52-44-19-10-16-36(48(44)49-39-15-6-9-20-45(39)54-50(49)52)33-24-28-47-41(30-33)40-29-32(23-27-46(40)53-47)31-21-25-35(26-22-31)51-42-17-7-4-13-37(42)38-14-5-8-18-43(38)51/h1-30H. The Balaban J connectivity index is 1.01. The molecule has 0 atom stereocenters. The van der Waals surface area contributed by atoms with Crippen molar-refractivity contribution < 1.29 is 8.83 Å². The average Bonchev–Trinajstić information content (AvgIpc) is 3.98. The molecular weight excluding hydrogens is 661 g/mol. The molecule has 4 nitrogen and oxygen atoms in total. The molecule has 0 aliphatic heterocycles. The molecule has 54 heavy (non-hydrogen) atoms. The molecule has 0 fully saturated rings. The lowest BCUT2D eigenvalue weighted by Crippen LogP contribution is -1.93. The second kappa shape index (κ2) is 11.1. The number of benzene rings is 8. The number of fused-ring (bicyclic) bond motifs is 11. The van der Waals surface area contributed by atoms with Gasteiger partial charge in [-0.1, -0.05) is 109 Å². The molecule has 12 rings (SSSR count). The summed E-state index contributed by atoms with van der Waals surface area (Å²) < 4.78 is 17.6. The smallest absolute Gasteiger partial charge is 0.213 e. The van der Waals surface area contributed by atoms with Crippen molar-refractivity contribution in [1.82, 2.24) is 9.13 Å². The minimum absolute atomic E-state index is 0.855. The Kier molecular flexibility index (Phi) is 6.02. The Bertz CT molecular complexity index is 3380. The van der Waals surface area contributed by atoms with E-state index < -0.39 is 0 Å². The topological polar surface area (TPSA) is 36.1 Å². The van der Waals surface area contributed by atoms with Gasteiger partial charge in [0, 0.05) is 43.7 Å². The maximum Gasteiger partial charge on any atom is 0.213 e. The van der Waals surface area contributed by atoms with E-state index in [-0.39, 0.29) is 0 Å². The van der Waals surface area contributed by atoms with Crippen molar-refractivity contribution in [3.63, 3.8) is 0 Å². The zero-order valence-electron chi connectivity index (χ0n) is 29.0. The van der Waals surface area contributed by atoms with Gasteiger partial charge in [-0.05, 0) is 95.1 Å². The third-order valence-electron chi connectivity index (χ3n) is 11.1. The van der Waals surface area contributed by atoms with E-state index in [4.69, 9.17) is 8.83 Å². The van der Waals surface area contributed by atoms with Crippen molar-refractivity contribution in [2.24, 2.45) is 0 Å². The first-order chi connectivity index (χ1) is 26.8. The van der Waals surface area contributed by atoms with Crippen molar-refractivity contribution in [3.8, 4) is 33.6 Å². The van der Waals surface area contributed by atoms with Crippen LogP contribution < -0.4 is 0 Å². The summed E-state index contributed by atoms with van der Waals surface area (Å²) in [5.74, 6) is 0. The van der Waals surface area contributed by atoms with Gasteiger partial charge in [-0.3, -0.25) is 4.57 Å². The highest BCUT2D eigenvalue weighted by Gasteiger charge is 2.22. The Morgan fingerprint density at radius 1 is 0.315 bits per heavy atom. The van der Waals surface area contributed by atoms with Crippen molar-refractivity contribution in [3.05, 3.63) is 182 Å². The van der Waals surface area contributed by atoms with Crippen LogP contribution in [0.5, 0.6) is 0 Å². The molecular formula is C50H30N2O2. The molecule has 252 valence electrons. The van der Waals surface area contributed by atoms with Crippen LogP contribution in [0.25, 0.3) is 110 Å².